The second-order valence-corrected chi connectivity index (χ2v) is 7.62. The normalized spacial score (nSPS) is 14.7. The minimum Gasteiger partial charge on any atom is -0.334 e. The summed E-state index contributed by atoms with van der Waals surface area (Å²) in [6.07, 6.45) is 6.29. The molecule has 0 atom stereocenters. The molecule has 1 aromatic carbocycles. The van der Waals surface area contributed by atoms with Crippen molar-refractivity contribution < 1.29 is 4.79 Å². The molecule has 7 nitrogen and oxygen atoms in total. The first kappa shape index (κ1) is 19.1. The number of hydrogen-bond acceptors (Lipinski definition) is 4. The second-order valence-electron chi connectivity index (χ2n) is 7.62. The summed E-state index contributed by atoms with van der Waals surface area (Å²) in [6.45, 7) is 4.17. The van der Waals surface area contributed by atoms with Gasteiger partial charge in [-0.1, -0.05) is 29.8 Å². The molecule has 150 valence electrons. The number of aromatic nitrogens is 4. The highest BCUT2D eigenvalue weighted by molar-refractivity contribution is 5.74. The maximum atomic E-state index is 12.4. The number of likely N-dealkylation sites (tertiary alicyclic amines) is 1. The van der Waals surface area contributed by atoms with Crippen molar-refractivity contribution in [1.82, 2.24) is 30.4 Å². The highest BCUT2D eigenvalue weighted by Crippen LogP contribution is 2.21. The molecule has 1 aliphatic rings. The molecule has 2 N–H and O–H groups in total. The van der Waals surface area contributed by atoms with Gasteiger partial charge >= 0.3 is 6.03 Å². The molecule has 3 heterocycles. The van der Waals surface area contributed by atoms with Crippen molar-refractivity contribution in [3.05, 3.63) is 65.7 Å². The number of H-pyrrole nitrogens is 1. The number of aryl methyl sites for hydroxylation is 1. The number of amides is 2. The SMILES string of the molecule is Cc1ccc(CNC(=O)N2CCC(Cc3nc(-c4ccncc4)n[nH]3)CC2)cc1. The Hall–Kier alpha value is -3.22. The molecular formula is C22H26N6O. The Kier molecular flexibility index (Phi) is 5.84. The monoisotopic (exact) mass is 390 g/mol. The smallest absolute Gasteiger partial charge is 0.317 e. The topological polar surface area (TPSA) is 86.8 Å². The molecule has 1 saturated heterocycles. The van der Waals surface area contributed by atoms with E-state index < -0.39 is 0 Å². The van der Waals surface area contributed by atoms with E-state index in [1.807, 2.05) is 17.0 Å². The molecule has 0 bridgehead atoms. The van der Waals surface area contributed by atoms with Gasteiger partial charge in [0, 0.05) is 44.0 Å². The Bertz CT molecular complexity index is 929. The minimum absolute atomic E-state index is 0.0173. The molecule has 4 rings (SSSR count). The third-order valence-corrected chi connectivity index (χ3v) is 5.42. The molecule has 1 fully saturated rings. The van der Waals surface area contributed by atoms with Gasteiger partial charge in [-0.25, -0.2) is 9.78 Å². The fourth-order valence-corrected chi connectivity index (χ4v) is 3.63. The average Bonchev–Trinajstić information content (AvgIpc) is 3.23. The van der Waals surface area contributed by atoms with Crippen LogP contribution in [0, 0.1) is 12.8 Å². The van der Waals surface area contributed by atoms with Crippen LogP contribution in [0.15, 0.2) is 48.8 Å². The maximum Gasteiger partial charge on any atom is 0.317 e. The molecule has 0 radical (unpaired) electrons. The summed E-state index contributed by atoms with van der Waals surface area (Å²) in [7, 11) is 0. The van der Waals surface area contributed by atoms with E-state index in [-0.39, 0.29) is 6.03 Å². The van der Waals surface area contributed by atoms with E-state index in [1.165, 1.54) is 5.56 Å². The van der Waals surface area contributed by atoms with Gasteiger partial charge in [0.1, 0.15) is 5.82 Å². The third-order valence-electron chi connectivity index (χ3n) is 5.42. The summed E-state index contributed by atoms with van der Waals surface area (Å²) in [6, 6.07) is 12.1. The van der Waals surface area contributed by atoms with Crippen molar-refractivity contribution in [2.75, 3.05) is 13.1 Å². The number of piperidine rings is 1. The van der Waals surface area contributed by atoms with Crippen LogP contribution in [-0.4, -0.2) is 44.2 Å². The van der Waals surface area contributed by atoms with Crippen LogP contribution in [0.5, 0.6) is 0 Å². The number of rotatable bonds is 5. The Morgan fingerprint density at radius 1 is 1.14 bits per heavy atom. The lowest BCUT2D eigenvalue weighted by Crippen LogP contribution is -2.44. The molecule has 0 spiro atoms. The highest BCUT2D eigenvalue weighted by atomic mass is 16.2. The maximum absolute atomic E-state index is 12.4. The zero-order chi connectivity index (χ0) is 20.1. The van der Waals surface area contributed by atoms with E-state index in [4.69, 9.17) is 0 Å². The van der Waals surface area contributed by atoms with E-state index in [9.17, 15) is 4.79 Å². The van der Waals surface area contributed by atoms with Crippen molar-refractivity contribution in [3.8, 4) is 11.4 Å². The van der Waals surface area contributed by atoms with Crippen molar-refractivity contribution in [1.29, 1.82) is 0 Å². The number of hydrogen-bond donors (Lipinski definition) is 2. The molecular weight excluding hydrogens is 364 g/mol. The van der Waals surface area contributed by atoms with Crippen LogP contribution in [0.3, 0.4) is 0 Å². The first-order chi connectivity index (χ1) is 14.2. The van der Waals surface area contributed by atoms with Crippen LogP contribution in [0.25, 0.3) is 11.4 Å². The van der Waals surface area contributed by atoms with Crippen molar-refractivity contribution in [3.63, 3.8) is 0 Å². The average molecular weight is 390 g/mol. The summed E-state index contributed by atoms with van der Waals surface area (Å²) >= 11 is 0. The van der Waals surface area contributed by atoms with Crippen molar-refractivity contribution in [2.45, 2.75) is 32.7 Å². The van der Waals surface area contributed by atoms with E-state index >= 15 is 0 Å². The van der Waals surface area contributed by atoms with Gasteiger partial charge in [-0.3, -0.25) is 10.1 Å². The molecule has 2 amide bonds. The van der Waals surface area contributed by atoms with E-state index in [0.29, 0.717) is 18.3 Å². The van der Waals surface area contributed by atoms with Gasteiger partial charge in [-0.05, 0) is 43.4 Å². The number of nitrogens with one attached hydrogen (secondary N) is 2. The Morgan fingerprint density at radius 2 is 1.86 bits per heavy atom. The van der Waals surface area contributed by atoms with Gasteiger partial charge in [0.05, 0.1) is 0 Å². The van der Waals surface area contributed by atoms with Gasteiger partial charge in [0.2, 0.25) is 0 Å². The number of aromatic amines is 1. The van der Waals surface area contributed by atoms with Crippen LogP contribution in [0.1, 0.15) is 29.8 Å². The van der Waals surface area contributed by atoms with Crippen molar-refractivity contribution >= 4 is 6.03 Å². The molecule has 1 aliphatic heterocycles. The minimum atomic E-state index is 0.0173. The van der Waals surface area contributed by atoms with E-state index in [0.717, 1.165) is 49.3 Å². The fourth-order valence-electron chi connectivity index (χ4n) is 3.63. The zero-order valence-corrected chi connectivity index (χ0v) is 16.6. The molecule has 3 aromatic rings. The fraction of sp³-hybridized carbons (Fsp3) is 0.364. The van der Waals surface area contributed by atoms with Crippen LogP contribution in [-0.2, 0) is 13.0 Å². The summed E-state index contributed by atoms with van der Waals surface area (Å²) in [4.78, 5) is 23.0. The number of benzene rings is 1. The second kappa shape index (κ2) is 8.86. The molecule has 7 heteroatoms. The lowest BCUT2D eigenvalue weighted by molar-refractivity contribution is 0.169. The van der Waals surface area contributed by atoms with Crippen LogP contribution < -0.4 is 5.32 Å². The van der Waals surface area contributed by atoms with Crippen molar-refractivity contribution in [2.24, 2.45) is 5.92 Å². The van der Waals surface area contributed by atoms with Gasteiger partial charge < -0.3 is 10.2 Å². The van der Waals surface area contributed by atoms with E-state index in [2.05, 4.69) is 56.7 Å². The predicted octanol–water partition coefficient (Wildman–Crippen LogP) is 3.34. The van der Waals surface area contributed by atoms with E-state index in [1.54, 1.807) is 12.4 Å². The molecule has 0 saturated carbocycles. The number of urea groups is 1. The molecule has 29 heavy (non-hydrogen) atoms. The number of nitrogens with zero attached hydrogens (tertiary/aromatic N) is 4. The van der Waals surface area contributed by atoms with Crippen LogP contribution in [0.2, 0.25) is 0 Å². The Morgan fingerprint density at radius 3 is 2.59 bits per heavy atom. The molecule has 0 aliphatic carbocycles. The number of carbonyl (C=O) groups excluding carboxylic acids is 1. The molecule has 2 aromatic heterocycles. The van der Waals surface area contributed by atoms with Gasteiger partial charge in [-0.2, -0.15) is 5.10 Å². The Labute approximate surface area is 170 Å². The van der Waals surface area contributed by atoms with Gasteiger partial charge in [0.15, 0.2) is 5.82 Å². The lowest BCUT2D eigenvalue weighted by Gasteiger charge is -2.31. The lowest BCUT2D eigenvalue weighted by atomic mass is 9.93. The number of carbonyl (C=O) groups is 1. The summed E-state index contributed by atoms with van der Waals surface area (Å²) in [5.74, 6) is 2.11. The first-order valence-corrected chi connectivity index (χ1v) is 10.1. The highest BCUT2D eigenvalue weighted by Gasteiger charge is 2.23. The standard InChI is InChI=1S/C22H26N6O/c1-16-2-4-18(5-3-16)15-24-22(29)28-12-8-17(9-13-28)14-20-25-21(27-26-20)19-6-10-23-11-7-19/h2-7,10-11,17H,8-9,12-15H2,1H3,(H,24,29)(H,25,26,27). The van der Waals surface area contributed by atoms with Gasteiger partial charge in [0.25, 0.3) is 0 Å². The third kappa shape index (κ3) is 4.99. The first-order valence-electron chi connectivity index (χ1n) is 10.1. The van der Waals surface area contributed by atoms with Crippen LogP contribution >= 0.6 is 0 Å². The number of pyridine rings is 1. The van der Waals surface area contributed by atoms with Gasteiger partial charge in [-0.15, -0.1) is 0 Å². The summed E-state index contributed by atoms with van der Waals surface area (Å²) in [5, 5.41) is 10.4. The predicted molar refractivity (Wildman–Crippen MR) is 111 cm³/mol. The summed E-state index contributed by atoms with van der Waals surface area (Å²) < 4.78 is 0. The quantitative estimate of drug-likeness (QED) is 0.699. The van der Waals surface area contributed by atoms with Crippen LogP contribution in [0.4, 0.5) is 4.79 Å². The Balaban J connectivity index is 1.23. The molecule has 0 unspecified atom stereocenters. The summed E-state index contributed by atoms with van der Waals surface area (Å²) in [5.41, 5.74) is 3.30. The zero-order valence-electron chi connectivity index (χ0n) is 16.6. The largest absolute Gasteiger partial charge is 0.334 e.